The van der Waals surface area contributed by atoms with Crippen LogP contribution in [0.1, 0.15) is 48.4 Å². The molecule has 2 fully saturated rings. The van der Waals surface area contributed by atoms with Crippen LogP contribution < -0.4 is 14.2 Å². The summed E-state index contributed by atoms with van der Waals surface area (Å²) in [6.07, 6.45) is 1.38. The first kappa shape index (κ1) is 33.5. The van der Waals surface area contributed by atoms with Crippen molar-refractivity contribution in [2.24, 2.45) is 0 Å². The van der Waals surface area contributed by atoms with Crippen molar-refractivity contribution >= 4 is 5.97 Å². The molecule has 8 nitrogen and oxygen atoms in total. The third-order valence-corrected chi connectivity index (χ3v) is 10.5. The number of quaternary nitrogens is 1. The maximum Gasteiger partial charge on any atom is 0.303 e. The number of methoxy groups -OCH3 is 4. The van der Waals surface area contributed by atoms with E-state index in [-0.39, 0.29) is 24.2 Å². The summed E-state index contributed by atoms with van der Waals surface area (Å²) < 4.78 is 37.6. The largest absolute Gasteiger partial charge is 0.497 e. The lowest BCUT2D eigenvalue weighted by atomic mass is 9.78. The standard InChI is InChI=1S/C40H46NO7/c1-28(42)47-38-26-39(25-36(46-6)24-37(38)41(39,2)27-29-10-8-7-9-11-29)48-40(30-12-18-33(43-3)19-13-30,31-14-20-34(44-4)21-15-31)32-16-22-35(45-5)23-17-32/h7-23,36-38H,24-27H2,1-6H3/q+1. The second kappa shape index (κ2) is 13.6. The van der Waals surface area contributed by atoms with Crippen LogP contribution in [0, 0.1) is 0 Å². The van der Waals surface area contributed by atoms with E-state index in [2.05, 4.69) is 67.7 Å². The van der Waals surface area contributed by atoms with Crippen molar-refractivity contribution in [1.82, 2.24) is 0 Å². The molecule has 2 saturated heterocycles. The highest BCUT2D eigenvalue weighted by Gasteiger charge is 2.70. The molecule has 48 heavy (non-hydrogen) atoms. The van der Waals surface area contributed by atoms with Crippen molar-refractivity contribution in [2.75, 3.05) is 35.5 Å². The Labute approximate surface area is 283 Å². The number of likely N-dealkylation sites (N-methyl/N-ethyl adjacent to an activating group) is 1. The molecule has 252 valence electrons. The number of nitrogens with zero attached hydrogens (tertiary/aromatic N) is 1. The Balaban J connectivity index is 1.63. The Hall–Kier alpha value is -4.37. The highest BCUT2D eigenvalue weighted by molar-refractivity contribution is 5.66. The van der Waals surface area contributed by atoms with E-state index in [1.807, 2.05) is 42.5 Å². The van der Waals surface area contributed by atoms with Gasteiger partial charge in [-0.2, -0.15) is 0 Å². The monoisotopic (exact) mass is 652 g/mol. The molecule has 0 amide bonds. The van der Waals surface area contributed by atoms with E-state index < -0.39 is 11.3 Å². The highest BCUT2D eigenvalue weighted by Crippen LogP contribution is 2.57. The average molecular weight is 653 g/mol. The van der Waals surface area contributed by atoms with E-state index in [9.17, 15) is 4.79 Å². The molecule has 0 aliphatic carbocycles. The van der Waals surface area contributed by atoms with Gasteiger partial charge in [0.05, 0.1) is 47.3 Å². The Kier molecular flexibility index (Phi) is 9.52. The second-order valence-corrected chi connectivity index (χ2v) is 13.0. The lowest BCUT2D eigenvalue weighted by Crippen LogP contribution is -2.69. The summed E-state index contributed by atoms with van der Waals surface area (Å²) in [5.74, 6) is 1.93. The molecule has 0 N–H and O–H groups in total. The van der Waals surface area contributed by atoms with Crippen LogP contribution in [0.5, 0.6) is 17.2 Å². The van der Waals surface area contributed by atoms with Crippen LogP contribution in [0.4, 0.5) is 0 Å². The summed E-state index contributed by atoms with van der Waals surface area (Å²) >= 11 is 0. The van der Waals surface area contributed by atoms with Gasteiger partial charge in [0, 0.05) is 26.0 Å². The summed E-state index contributed by atoms with van der Waals surface area (Å²) in [6, 6.07) is 34.6. The predicted molar refractivity (Wildman–Crippen MR) is 183 cm³/mol. The van der Waals surface area contributed by atoms with Gasteiger partial charge < -0.3 is 28.4 Å². The fraction of sp³-hybridized carbons (Fsp3) is 0.375. The van der Waals surface area contributed by atoms with Gasteiger partial charge in [-0.1, -0.05) is 66.7 Å². The number of piperidine rings is 1. The first-order valence-electron chi connectivity index (χ1n) is 16.4. The van der Waals surface area contributed by atoms with Crippen molar-refractivity contribution in [3.8, 4) is 17.2 Å². The van der Waals surface area contributed by atoms with Gasteiger partial charge in [0.2, 0.25) is 5.72 Å². The van der Waals surface area contributed by atoms with Gasteiger partial charge in [0.25, 0.3) is 0 Å². The molecule has 2 aliphatic heterocycles. The second-order valence-electron chi connectivity index (χ2n) is 13.0. The van der Waals surface area contributed by atoms with Crippen molar-refractivity contribution in [3.05, 3.63) is 125 Å². The molecular weight excluding hydrogens is 606 g/mol. The SMILES string of the molecule is COc1ccc(C(OC23CC(OC)CC(C(OC(C)=O)C2)[N+]3(C)Cc2ccccc2)(c2ccc(OC)cc2)c2ccc(OC)cc2)cc1. The fourth-order valence-electron chi connectivity index (χ4n) is 8.08. The Morgan fingerprint density at radius 1 is 0.729 bits per heavy atom. The number of carbonyl (C=O) groups is 1. The van der Waals surface area contributed by atoms with E-state index in [4.69, 9.17) is 28.4 Å². The summed E-state index contributed by atoms with van der Waals surface area (Å²) in [4.78, 5) is 12.6. The number of esters is 1. The molecule has 5 unspecified atom stereocenters. The lowest BCUT2D eigenvalue weighted by Gasteiger charge is -2.56. The molecule has 0 saturated carbocycles. The number of carbonyl (C=O) groups excluding carboxylic acids is 1. The molecule has 0 radical (unpaired) electrons. The number of fused-ring (bicyclic) bond motifs is 2. The zero-order valence-corrected chi connectivity index (χ0v) is 28.7. The van der Waals surface area contributed by atoms with Gasteiger partial charge in [-0.3, -0.25) is 9.28 Å². The van der Waals surface area contributed by atoms with Crippen LogP contribution in [0.25, 0.3) is 0 Å². The maximum atomic E-state index is 12.6. The predicted octanol–water partition coefficient (Wildman–Crippen LogP) is 6.88. The quantitative estimate of drug-likeness (QED) is 0.0939. The molecule has 2 bridgehead atoms. The van der Waals surface area contributed by atoms with Crippen LogP contribution in [-0.2, 0) is 31.2 Å². The van der Waals surface area contributed by atoms with Gasteiger partial charge in [0.1, 0.15) is 35.4 Å². The Morgan fingerprint density at radius 3 is 1.62 bits per heavy atom. The summed E-state index contributed by atoms with van der Waals surface area (Å²) in [6.45, 7) is 2.17. The zero-order valence-electron chi connectivity index (χ0n) is 28.7. The first-order valence-corrected chi connectivity index (χ1v) is 16.4. The van der Waals surface area contributed by atoms with Crippen molar-refractivity contribution < 1.29 is 37.7 Å². The number of rotatable bonds is 12. The van der Waals surface area contributed by atoms with E-state index in [1.54, 1.807) is 28.4 Å². The van der Waals surface area contributed by atoms with Gasteiger partial charge in [-0.15, -0.1) is 0 Å². The fourth-order valence-corrected chi connectivity index (χ4v) is 8.08. The molecule has 0 spiro atoms. The molecule has 0 aromatic heterocycles. The number of hydrogen-bond donors (Lipinski definition) is 0. The normalized spacial score (nSPS) is 24.9. The summed E-state index contributed by atoms with van der Waals surface area (Å²) in [5.41, 5.74) is 1.98. The Morgan fingerprint density at radius 2 is 1.21 bits per heavy atom. The number of hydrogen-bond acceptors (Lipinski definition) is 7. The zero-order chi connectivity index (χ0) is 33.9. The molecule has 4 aromatic carbocycles. The molecule has 5 atom stereocenters. The van der Waals surface area contributed by atoms with Gasteiger partial charge >= 0.3 is 5.97 Å². The van der Waals surface area contributed by atoms with Crippen molar-refractivity contribution in [3.63, 3.8) is 0 Å². The van der Waals surface area contributed by atoms with E-state index in [0.29, 0.717) is 23.9 Å². The average Bonchev–Trinajstić information content (AvgIpc) is 3.21. The van der Waals surface area contributed by atoms with Crippen molar-refractivity contribution in [1.29, 1.82) is 0 Å². The van der Waals surface area contributed by atoms with Crippen LogP contribution >= 0.6 is 0 Å². The van der Waals surface area contributed by atoms with Gasteiger partial charge in [-0.25, -0.2) is 0 Å². The van der Waals surface area contributed by atoms with Crippen LogP contribution in [0.2, 0.25) is 0 Å². The van der Waals surface area contributed by atoms with E-state index >= 15 is 0 Å². The lowest BCUT2D eigenvalue weighted by molar-refractivity contribution is -1.01. The topological polar surface area (TPSA) is 72.5 Å². The summed E-state index contributed by atoms with van der Waals surface area (Å²) in [7, 11) is 9.01. The highest BCUT2D eigenvalue weighted by atomic mass is 16.6. The molecule has 8 heteroatoms. The van der Waals surface area contributed by atoms with E-state index in [1.165, 1.54) is 12.5 Å². The minimum atomic E-state index is -1.12. The Bertz CT molecular complexity index is 1560. The summed E-state index contributed by atoms with van der Waals surface area (Å²) in [5, 5.41) is 0. The van der Waals surface area contributed by atoms with Crippen LogP contribution in [-0.4, -0.2) is 69.9 Å². The van der Waals surface area contributed by atoms with Gasteiger partial charge in [0.15, 0.2) is 6.10 Å². The molecule has 2 heterocycles. The number of benzene rings is 4. The van der Waals surface area contributed by atoms with Crippen LogP contribution in [0.3, 0.4) is 0 Å². The minimum Gasteiger partial charge on any atom is -0.497 e. The van der Waals surface area contributed by atoms with Gasteiger partial charge in [-0.05, 0) is 53.1 Å². The third-order valence-electron chi connectivity index (χ3n) is 10.5. The van der Waals surface area contributed by atoms with Crippen LogP contribution in [0.15, 0.2) is 103 Å². The van der Waals surface area contributed by atoms with Crippen molar-refractivity contribution in [2.45, 2.75) is 62.3 Å². The molecule has 6 rings (SSSR count). The van der Waals surface area contributed by atoms with E-state index in [0.717, 1.165) is 40.4 Å². The molecule has 4 aromatic rings. The molecular formula is C40H46NO7+. The number of ether oxygens (including phenoxy) is 6. The smallest absolute Gasteiger partial charge is 0.303 e. The third kappa shape index (κ3) is 5.93. The first-order chi connectivity index (χ1) is 23.2. The minimum absolute atomic E-state index is 0.0619. The molecule has 2 aliphatic rings. The maximum absolute atomic E-state index is 12.6.